The third kappa shape index (κ3) is 63.7. The second kappa shape index (κ2) is 20.5. The van der Waals surface area contributed by atoms with E-state index >= 15 is 0 Å². The van der Waals surface area contributed by atoms with E-state index in [1.54, 1.807) is 0 Å². The minimum Gasteiger partial charge on any atom is -0.550 e. The first-order valence-corrected chi connectivity index (χ1v) is 5.46. The molecule has 120 valence electrons. The summed E-state index contributed by atoms with van der Waals surface area (Å²) in [5.41, 5.74) is 0. The van der Waals surface area contributed by atoms with Crippen LogP contribution < -0.4 is 15.3 Å². The Bertz CT molecular complexity index is 321. The smallest absolute Gasteiger partial charge is 0.550 e. The van der Waals surface area contributed by atoms with Crippen LogP contribution in [0.5, 0.6) is 0 Å². The van der Waals surface area contributed by atoms with Gasteiger partial charge >= 0.3 is 34.7 Å². The summed E-state index contributed by atoms with van der Waals surface area (Å²) in [5, 5.41) is 28.4. The molecule has 0 aromatic carbocycles. The van der Waals surface area contributed by atoms with Crippen LogP contribution in [-0.2, 0) is 28.8 Å². The normalized spacial score (nSPS) is 7.43. The number of carbonyl (C=O) groups excluding carboxylic acids is 6. The molecule has 0 saturated carbocycles. The Morgan fingerprint density at radius 3 is 0.652 bits per heavy atom. The molecule has 0 spiro atoms. The predicted molar refractivity (Wildman–Crippen MR) is 72.4 cm³/mol. The standard InChI is InChI=1S/3C4H6O3.2Al/c3*1-3(5)2-4(6)7;;/h3*2H2,1H3,(H,6,7);;/q;;;2*+3/p-3. The van der Waals surface area contributed by atoms with E-state index in [1.165, 1.54) is 20.8 Å². The first-order valence-electron chi connectivity index (χ1n) is 5.46. The van der Waals surface area contributed by atoms with Crippen molar-refractivity contribution in [2.24, 2.45) is 0 Å². The van der Waals surface area contributed by atoms with Gasteiger partial charge in [-0.15, -0.1) is 0 Å². The minimum atomic E-state index is -1.31. The number of rotatable bonds is 6. The molecule has 0 aliphatic carbocycles. The number of carbonyl (C=O) groups is 6. The van der Waals surface area contributed by atoms with E-state index in [0.29, 0.717) is 0 Å². The number of hydrogen-bond acceptors (Lipinski definition) is 9. The second-order valence-corrected chi connectivity index (χ2v) is 3.75. The van der Waals surface area contributed by atoms with Gasteiger partial charge in [-0.2, -0.15) is 0 Å². The fourth-order valence-electron chi connectivity index (χ4n) is 0.610. The monoisotopic (exact) mass is 357 g/mol. The Morgan fingerprint density at radius 1 is 0.522 bits per heavy atom. The molecule has 0 N–H and O–H groups in total. The summed E-state index contributed by atoms with van der Waals surface area (Å²) in [6.45, 7) is 3.61. The van der Waals surface area contributed by atoms with Crippen LogP contribution in [-0.4, -0.2) is 70.0 Å². The van der Waals surface area contributed by atoms with Gasteiger partial charge in [0.1, 0.15) is 17.3 Å². The Balaban J connectivity index is -0.0000000675. The van der Waals surface area contributed by atoms with Crippen LogP contribution in [0.4, 0.5) is 0 Å². The van der Waals surface area contributed by atoms with E-state index in [9.17, 15) is 44.1 Å². The molecule has 23 heavy (non-hydrogen) atoms. The van der Waals surface area contributed by atoms with Crippen LogP contribution in [0.25, 0.3) is 0 Å². The van der Waals surface area contributed by atoms with E-state index in [4.69, 9.17) is 0 Å². The van der Waals surface area contributed by atoms with Gasteiger partial charge in [0.2, 0.25) is 0 Å². The number of Topliss-reactive ketones (excluding diaryl/α,β-unsaturated/α-hetero) is 3. The van der Waals surface area contributed by atoms with E-state index in [1.807, 2.05) is 0 Å². The van der Waals surface area contributed by atoms with Crippen LogP contribution in [0.15, 0.2) is 0 Å². The Hall–Kier alpha value is -1.52. The zero-order valence-corrected chi connectivity index (χ0v) is 15.3. The van der Waals surface area contributed by atoms with Crippen molar-refractivity contribution < 1.29 is 44.1 Å². The van der Waals surface area contributed by atoms with E-state index in [2.05, 4.69) is 0 Å². The predicted octanol–water partition coefficient (Wildman–Crippen LogP) is -4.62. The molecular weight excluding hydrogens is 342 g/mol. The van der Waals surface area contributed by atoms with Gasteiger partial charge in [0.15, 0.2) is 0 Å². The van der Waals surface area contributed by atoms with Crippen molar-refractivity contribution in [1.29, 1.82) is 0 Å². The number of hydrogen-bond donors (Lipinski definition) is 0. The van der Waals surface area contributed by atoms with Crippen molar-refractivity contribution in [1.82, 2.24) is 0 Å². The van der Waals surface area contributed by atoms with Gasteiger partial charge in [-0.05, 0) is 20.8 Å². The van der Waals surface area contributed by atoms with Crippen LogP contribution in [0, 0.1) is 0 Å². The molecule has 0 amide bonds. The van der Waals surface area contributed by atoms with Crippen LogP contribution in [0.3, 0.4) is 0 Å². The van der Waals surface area contributed by atoms with Gasteiger partial charge in [0.25, 0.3) is 0 Å². The Morgan fingerprint density at radius 2 is 0.652 bits per heavy atom. The van der Waals surface area contributed by atoms with Crippen molar-refractivity contribution in [3.05, 3.63) is 0 Å². The first-order chi connectivity index (χ1) is 9.38. The Kier molecular flexibility index (Phi) is 29.5. The van der Waals surface area contributed by atoms with Gasteiger partial charge < -0.3 is 29.7 Å². The molecule has 0 unspecified atom stereocenters. The van der Waals surface area contributed by atoms with Crippen LogP contribution in [0.2, 0.25) is 0 Å². The largest absolute Gasteiger partial charge is 3.00 e. The molecule has 9 nitrogen and oxygen atoms in total. The second-order valence-electron chi connectivity index (χ2n) is 3.75. The van der Waals surface area contributed by atoms with Crippen molar-refractivity contribution in [2.45, 2.75) is 40.0 Å². The van der Waals surface area contributed by atoms with Gasteiger partial charge in [-0.25, -0.2) is 0 Å². The third-order valence-corrected chi connectivity index (χ3v) is 1.18. The third-order valence-electron chi connectivity index (χ3n) is 1.18. The summed E-state index contributed by atoms with van der Waals surface area (Å²) >= 11 is 0. The van der Waals surface area contributed by atoms with Crippen molar-refractivity contribution in [3.8, 4) is 0 Å². The van der Waals surface area contributed by atoms with E-state index in [0.717, 1.165) is 0 Å². The maximum atomic E-state index is 9.83. The molecular formula is C12H15Al2O9+3. The first kappa shape index (κ1) is 33.2. The molecule has 0 aromatic rings. The molecule has 0 aliphatic rings. The van der Waals surface area contributed by atoms with Gasteiger partial charge in [0, 0.05) is 37.2 Å². The number of aliphatic carboxylic acids is 3. The summed E-state index contributed by atoms with van der Waals surface area (Å²) in [6.07, 6.45) is -1.42. The number of carboxylic acid groups (broad SMARTS) is 3. The SMILES string of the molecule is CC(=O)CC(=O)[O-].CC(=O)CC(=O)[O-].CC(=O)CC(=O)[O-].[Al+3].[Al+3]. The molecule has 0 fully saturated rings. The van der Waals surface area contributed by atoms with Gasteiger partial charge in [0.05, 0.1) is 0 Å². The molecule has 11 heteroatoms. The Labute approximate surface area is 154 Å². The van der Waals surface area contributed by atoms with Gasteiger partial charge in [-0.1, -0.05) is 0 Å². The van der Waals surface area contributed by atoms with Crippen molar-refractivity contribution in [3.63, 3.8) is 0 Å². The summed E-state index contributed by atoms with van der Waals surface area (Å²) in [7, 11) is 0. The molecule has 0 heterocycles. The fraction of sp³-hybridized carbons (Fsp3) is 0.500. The topological polar surface area (TPSA) is 172 Å². The molecule has 0 bridgehead atoms. The zero-order valence-electron chi connectivity index (χ0n) is 13.0. The molecule has 0 radical (unpaired) electrons. The summed E-state index contributed by atoms with van der Waals surface area (Å²) in [6, 6.07) is 0. The summed E-state index contributed by atoms with van der Waals surface area (Å²) < 4.78 is 0. The molecule has 0 aliphatic heterocycles. The average Bonchev–Trinajstić information content (AvgIpc) is 2.10. The summed E-state index contributed by atoms with van der Waals surface area (Å²) in [4.78, 5) is 57.9. The van der Waals surface area contributed by atoms with Crippen molar-refractivity contribution >= 4 is 70.0 Å². The average molecular weight is 357 g/mol. The molecule has 0 saturated heterocycles. The zero-order chi connectivity index (χ0) is 17.6. The molecule has 0 atom stereocenters. The summed E-state index contributed by atoms with van der Waals surface area (Å²) in [5.74, 6) is -5.06. The van der Waals surface area contributed by atoms with E-state index < -0.39 is 37.2 Å². The quantitative estimate of drug-likeness (QED) is 0.335. The maximum Gasteiger partial charge on any atom is 3.00 e. The number of carboxylic acids is 3. The maximum absolute atomic E-state index is 9.83. The van der Waals surface area contributed by atoms with Crippen LogP contribution >= 0.6 is 0 Å². The van der Waals surface area contributed by atoms with E-state index in [-0.39, 0.29) is 52.1 Å². The fourth-order valence-corrected chi connectivity index (χ4v) is 0.610. The number of ketones is 3. The minimum absolute atomic E-state index is 0. The molecule has 0 aromatic heterocycles. The van der Waals surface area contributed by atoms with Gasteiger partial charge in [-0.3, -0.25) is 14.4 Å². The van der Waals surface area contributed by atoms with Crippen LogP contribution in [0.1, 0.15) is 40.0 Å². The molecule has 0 rings (SSSR count). The van der Waals surface area contributed by atoms with Crippen molar-refractivity contribution in [2.75, 3.05) is 0 Å².